The van der Waals surface area contributed by atoms with E-state index in [2.05, 4.69) is 4.98 Å². The SMILES string of the molecule is CN(C)c1ccc(-c2nc(C(=O)NO)cs2)cc1. The Hall–Kier alpha value is -1.92. The zero-order valence-electron chi connectivity index (χ0n) is 10.0. The maximum atomic E-state index is 11.2. The number of rotatable bonds is 3. The Labute approximate surface area is 109 Å². The van der Waals surface area contributed by atoms with Crippen molar-refractivity contribution in [3.8, 4) is 10.6 Å². The molecule has 0 saturated carbocycles. The van der Waals surface area contributed by atoms with Gasteiger partial charge >= 0.3 is 0 Å². The summed E-state index contributed by atoms with van der Waals surface area (Å²) in [6.45, 7) is 0. The van der Waals surface area contributed by atoms with E-state index < -0.39 is 5.91 Å². The number of hydroxylamine groups is 1. The molecule has 0 aliphatic heterocycles. The van der Waals surface area contributed by atoms with Gasteiger partial charge in [0.2, 0.25) is 0 Å². The van der Waals surface area contributed by atoms with E-state index in [-0.39, 0.29) is 5.69 Å². The first-order valence-electron chi connectivity index (χ1n) is 5.29. The van der Waals surface area contributed by atoms with Crippen molar-refractivity contribution in [2.24, 2.45) is 0 Å². The molecule has 0 bridgehead atoms. The molecule has 1 aromatic carbocycles. The largest absolute Gasteiger partial charge is 0.378 e. The van der Waals surface area contributed by atoms with E-state index in [4.69, 9.17) is 5.21 Å². The van der Waals surface area contributed by atoms with E-state index in [0.717, 1.165) is 16.3 Å². The molecule has 0 aliphatic carbocycles. The number of carbonyl (C=O) groups is 1. The number of carbonyl (C=O) groups excluding carboxylic acids is 1. The molecule has 0 spiro atoms. The lowest BCUT2D eigenvalue weighted by atomic mass is 10.2. The standard InChI is InChI=1S/C12H13N3O2S/c1-15(2)9-5-3-8(4-6-9)12-13-10(7-18-12)11(16)14-17/h3-7,17H,1-2H3,(H,14,16). The van der Waals surface area contributed by atoms with E-state index in [0.29, 0.717) is 0 Å². The van der Waals surface area contributed by atoms with Gasteiger partial charge in [-0.2, -0.15) is 0 Å². The van der Waals surface area contributed by atoms with Crippen molar-refractivity contribution >= 4 is 22.9 Å². The van der Waals surface area contributed by atoms with Gasteiger partial charge in [0.05, 0.1) is 0 Å². The lowest BCUT2D eigenvalue weighted by Crippen LogP contribution is -2.18. The quantitative estimate of drug-likeness (QED) is 0.656. The van der Waals surface area contributed by atoms with Crippen LogP contribution in [0.15, 0.2) is 29.6 Å². The fourth-order valence-corrected chi connectivity index (χ4v) is 2.28. The zero-order valence-corrected chi connectivity index (χ0v) is 10.9. The van der Waals surface area contributed by atoms with Crippen molar-refractivity contribution in [3.05, 3.63) is 35.3 Å². The number of amides is 1. The molecule has 0 saturated heterocycles. The van der Waals surface area contributed by atoms with Gasteiger partial charge in [-0.15, -0.1) is 11.3 Å². The van der Waals surface area contributed by atoms with Crippen molar-refractivity contribution in [1.29, 1.82) is 0 Å². The average molecular weight is 263 g/mol. The van der Waals surface area contributed by atoms with Crippen molar-refractivity contribution in [2.45, 2.75) is 0 Å². The molecular formula is C12H13N3O2S. The number of nitrogens with one attached hydrogen (secondary N) is 1. The van der Waals surface area contributed by atoms with Gasteiger partial charge in [0.25, 0.3) is 5.91 Å². The minimum absolute atomic E-state index is 0.217. The molecule has 1 aromatic heterocycles. The maximum absolute atomic E-state index is 11.2. The lowest BCUT2D eigenvalue weighted by molar-refractivity contribution is 0.0701. The summed E-state index contributed by atoms with van der Waals surface area (Å²) in [6, 6.07) is 7.88. The molecule has 0 unspecified atom stereocenters. The first-order valence-corrected chi connectivity index (χ1v) is 6.17. The molecule has 18 heavy (non-hydrogen) atoms. The number of hydrogen-bond acceptors (Lipinski definition) is 5. The smallest absolute Gasteiger partial charge is 0.294 e. The van der Waals surface area contributed by atoms with Crippen LogP contribution in [-0.2, 0) is 0 Å². The number of nitrogens with zero attached hydrogens (tertiary/aromatic N) is 2. The van der Waals surface area contributed by atoms with E-state index in [1.54, 1.807) is 10.9 Å². The van der Waals surface area contributed by atoms with Crippen LogP contribution in [0, 0.1) is 0 Å². The Morgan fingerprint density at radius 1 is 1.33 bits per heavy atom. The third-order valence-corrected chi connectivity index (χ3v) is 3.36. The van der Waals surface area contributed by atoms with Crippen molar-refractivity contribution in [1.82, 2.24) is 10.5 Å². The Kier molecular flexibility index (Phi) is 3.59. The van der Waals surface area contributed by atoms with Gasteiger partial charge in [-0.25, -0.2) is 10.5 Å². The predicted molar refractivity (Wildman–Crippen MR) is 71.1 cm³/mol. The number of thiazole rings is 1. The second-order valence-corrected chi connectivity index (χ2v) is 4.78. The van der Waals surface area contributed by atoms with Gasteiger partial charge in [0.1, 0.15) is 10.7 Å². The molecule has 2 aromatic rings. The van der Waals surface area contributed by atoms with Crippen LogP contribution in [0.2, 0.25) is 0 Å². The Bertz CT molecular complexity index is 549. The lowest BCUT2D eigenvalue weighted by Gasteiger charge is -2.11. The van der Waals surface area contributed by atoms with Crippen molar-refractivity contribution < 1.29 is 10.0 Å². The summed E-state index contributed by atoms with van der Waals surface area (Å²) in [5, 5.41) is 10.9. The summed E-state index contributed by atoms with van der Waals surface area (Å²) in [5.74, 6) is -0.595. The highest BCUT2D eigenvalue weighted by molar-refractivity contribution is 7.13. The molecule has 0 atom stereocenters. The third-order valence-electron chi connectivity index (χ3n) is 2.47. The highest BCUT2D eigenvalue weighted by Crippen LogP contribution is 2.25. The molecule has 94 valence electrons. The average Bonchev–Trinajstić information content (AvgIpc) is 2.87. The number of hydrogen-bond donors (Lipinski definition) is 2. The van der Waals surface area contributed by atoms with Gasteiger partial charge < -0.3 is 4.90 Å². The number of anilines is 1. The van der Waals surface area contributed by atoms with Crippen LogP contribution in [0.25, 0.3) is 10.6 Å². The molecule has 5 nitrogen and oxygen atoms in total. The maximum Gasteiger partial charge on any atom is 0.294 e. The summed E-state index contributed by atoms with van der Waals surface area (Å²) < 4.78 is 0. The van der Waals surface area contributed by atoms with E-state index in [1.165, 1.54) is 11.3 Å². The summed E-state index contributed by atoms with van der Waals surface area (Å²) >= 11 is 1.36. The van der Waals surface area contributed by atoms with Gasteiger partial charge in [-0.1, -0.05) is 0 Å². The monoisotopic (exact) mass is 263 g/mol. The van der Waals surface area contributed by atoms with E-state index in [1.807, 2.05) is 43.3 Å². The van der Waals surface area contributed by atoms with Crippen LogP contribution in [0.3, 0.4) is 0 Å². The van der Waals surface area contributed by atoms with Crippen LogP contribution in [0.5, 0.6) is 0 Å². The molecular weight excluding hydrogens is 250 g/mol. The predicted octanol–water partition coefficient (Wildman–Crippen LogP) is 2.00. The van der Waals surface area contributed by atoms with Crippen LogP contribution < -0.4 is 10.4 Å². The Morgan fingerprint density at radius 2 is 2.00 bits per heavy atom. The van der Waals surface area contributed by atoms with Gasteiger partial charge in [0.15, 0.2) is 0 Å². The summed E-state index contributed by atoms with van der Waals surface area (Å²) in [5.41, 5.74) is 3.83. The number of aromatic nitrogens is 1. The summed E-state index contributed by atoms with van der Waals surface area (Å²) in [4.78, 5) is 17.3. The highest BCUT2D eigenvalue weighted by atomic mass is 32.1. The van der Waals surface area contributed by atoms with Gasteiger partial charge in [-0.3, -0.25) is 10.0 Å². The second kappa shape index (κ2) is 5.16. The Morgan fingerprint density at radius 3 is 2.56 bits per heavy atom. The topological polar surface area (TPSA) is 65.5 Å². The van der Waals surface area contributed by atoms with Crippen LogP contribution in [0.1, 0.15) is 10.5 Å². The summed E-state index contributed by atoms with van der Waals surface area (Å²) in [7, 11) is 3.95. The molecule has 6 heteroatoms. The van der Waals surface area contributed by atoms with E-state index >= 15 is 0 Å². The first kappa shape index (κ1) is 12.5. The van der Waals surface area contributed by atoms with Crippen LogP contribution in [-0.4, -0.2) is 30.2 Å². The molecule has 0 fully saturated rings. The molecule has 0 aliphatic rings. The van der Waals surface area contributed by atoms with Crippen molar-refractivity contribution in [3.63, 3.8) is 0 Å². The zero-order chi connectivity index (χ0) is 13.1. The molecule has 1 heterocycles. The van der Waals surface area contributed by atoms with Crippen molar-refractivity contribution in [2.75, 3.05) is 19.0 Å². The third kappa shape index (κ3) is 2.49. The van der Waals surface area contributed by atoms with Gasteiger partial charge in [0, 0.05) is 30.7 Å². The number of benzene rings is 1. The fraction of sp³-hybridized carbons (Fsp3) is 0.167. The minimum Gasteiger partial charge on any atom is -0.378 e. The minimum atomic E-state index is -0.595. The second-order valence-electron chi connectivity index (χ2n) is 3.92. The molecule has 2 N–H and O–H groups in total. The highest BCUT2D eigenvalue weighted by Gasteiger charge is 2.10. The van der Waals surface area contributed by atoms with Crippen LogP contribution >= 0.6 is 11.3 Å². The first-order chi connectivity index (χ1) is 8.61. The van der Waals surface area contributed by atoms with Gasteiger partial charge in [-0.05, 0) is 24.3 Å². The fourth-order valence-electron chi connectivity index (χ4n) is 1.47. The molecule has 1 amide bonds. The summed E-state index contributed by atoms with van der Waals surface area (Å²) in [6.07, 6.45) is 0. The van der Waals surface area contributed by atoms with Crippen LogP contribution in [0.4, 0.5) is 5.69 Å². The normalized spacial score (nSPS) is 10.2. The Balaban J connectivity index is 2.26. The molecule has 0 radical (unpaired) electrons. The van der Waals surface area contributed by atoms with E-state index in [9.17, 15) is 4.79 Å². The molecule has 2 rings (SSSR count).